The van der Waals surface area contributed by atoms with E-state index in [0.717, 1.165) is 11.7 Å². The lowest BCUT2D eigenvalue weighted by Crippen LogP contribution is -2.05. The van der Waals surface area contributed by atoms with Gasteiger partial charge in [-0.2, -0.15) is 4.98 Å². The monoisotopic (exact) mass is 209 g/mol. The first kappa shape index (κ1) is 10.6. The molecule has 3 atom stereocenters. The average Bonchev–Trinajstić information content (AvgIpc) is 2.86. The number of rotatable bonds is 3. The zero-order chi connectivity index (χ0) is 10.8. The Hall–Kier alpha value is -0.900. The van der Waals surface area contributed by atoms with Crippen LogP contribution in [0.3, 0.4) is 0 Å². The third-order valence-corrected chi connectivity index (χ3v) is 3.33. The van der Waals surface area contributed by atoms with Crippen molar-refractivity contribution in [1.29, 1.82) is 0 Å². The molecule has 1 aliphatic rings. The molecule has 0 aliphatic heterocycles. The Balaban J connectivity index is 2.04. The summed E-state index contributed by atoms with van der Waals surface area (Å²) in [4.78, 5) is 4.36. The Bertz CT molecular complexity index is 321. The second-order valence-electron chi connectivity index (χ2n) is 4.56. The van der Waals surface area contributed by atoms with Crippen molar-refractivity contribution in [2.75, 3.05) is 0 Å². The van der Waals surface area contributed by atoms with Crippen LogP contribution < -0.4 is 5.73 Å². The third kappa shape index (κ3) is 2.20. The van der Waals surface area contributed by atoms with Crippen LogP contribution in [0.5, 0.6) is 0 Å². The molecule has 1 aliphatic carbocycles. The van der Waals surface area contributed by atoms with E-state index >= 15 is 0 Å². The first-order valence-corrected chi connectivity index (χ1v) is 5.79. The van der Waals surface area contributed by atoms with Crippen molar-refractivity contribution in [1.82, 2.24) is 10.1 Å². The molecule has 84 valence electrons. The number of hydrogen-bond donors (Lipinski definition) is 1. The number of hydrogen-bond acceptors (Lipinski definition) is 4. The standard InChI is InChI=1S/C11H19N3O/c1-3-8-4-5-9(6-8)10-13-11(7(2)12)15-14-10/h7-9H,3-6,12H2,1-2H3/t7-,8?,9?/m0/s1. The van der Waals surface area contributed by atoms with Gasteiger partial charge in [0.05, 0.1) is 6.04 Å². The molecule has 1 aromatic heterocycles. The summed E-state index contributed by atoms with van der Waals surface area (Å²) in [6.45, 7) is 4.11. The van der Waals surface area contributed by atoms with Gasteiger partial charge in [-0.25, -0.2) is 0 Å². The zero-order valence-electron chi connectivity index (χ0n) is 9.44. The van der Waals surface area contributed by atoms with Crippen molar-refractivity contribution in [2.45, 2.75) is 51.5 Å². The van der Waals surface area contributed by atoms with Crippen LogP contribution in [0.4, 0.5) is 0 Å². The van der Waals surface area contributed by atoms with E-state index in [1.807, 2.05) is 6.92 Å². The second kappa shape index (κ2) is 4.31. The summed E-state index contributed by atoms with van der Waals surface area (Å²) in [5.74, 6) is 2.75. The Morgan fingerprint density at radius 2 is 2.33 bits per heavy atom. The molecule has 4 nitrogen and oxygen atoms in total. The minimum atomic E-state index is -0.158. The highest BCUT2D eigenvalue weighted by molar-refractivity contribution is 5.00. The fourth-order valence-corrected chi connectivity index (χ4v) is 2.28. The van der Waals surface area contributed by atoms with Gasteiger partial charge in [0, 0.05) is 5.92 Å². The van der Waals surface area contributed by atoms with Gasteiger partial charge in [0.2, 0.25) is 5.89 Å². The summed E-state index contributed by atoms with van der Waals surface area (Å²) in [5, 5.41) is 4.02. The van der Waals surface area contributed by atoms with E-state index in [2.05, 4.69) is 17.1 Å². The number of aromatic nitrogens is 2. The van der Waals surface area contributed by atoms with Gasteiger partial charge >= 0.3 is 0 Å². The smallest absolute Gasteiger partial charge is 0.243 e. The molecule has 1 saturated carbocycles. The lowest BCUT2D eigenvalue weighted by Gasteiger charge is -2.04. The van der Waals surface area contributed by atoms with Gasteiger partial charge in [-0.15, -0.1) is 0 Å². The van der Waals surface area contributed by atoms with Crippen molar-refractivity contribution >= 4 is 0 Å². The summed E-state index contributed by atoms with van der Waals surface area (Å²) in [5.41, 5.74) is 5.68. The Morgan fingerprint density at radius 1 is 1.53 bits per heavy atom. The molecule has 2 unspecified atom stereocenters. The van der Waals surface area contributed by atoms with Gasteiger partial charge in [-0.3, -0.25) is 0 Å². The van der Waals surface area contributed by atoms with E-state index < -0.39 is 0 Å². The molecule has 1 fully saturated rings. The molecule has 0 aromatic carbocycles. The van der Waals surface area contributed by atoms with Crippen LogP contribution in [0.2, 0.25) is 0 Å². The van der Waals surface area contributed by atoms with E-state index in [1.165, 1.54) is 25.7 Å². The van der Waals surface area contributed by atoms with Gasteiger partial charge in [0.25, 0.3) is 0 Å². The molecule has 15 heavy (non-hydrogen) atoms. The maximum absolute atomic E-state index is 5.68. The SMILES string of the molecule is CCC1CCC(c2noc([C@H](C)N)n2)C1. The quantitative estimate of drug-likeness (QED) is 0.830. The van der Waals surface area contributed by atoms with Crippen LogP contribution in [-0.4, -0.2) is 10.1 Å². The van der Waals surface area contributed by atoms with Crippen molar-refractivity contribution in [2.24, 2.45) is 11.7 Å². The molecule has 0 spiro atoms. The Labute approximate surface area is 90.2 Å². The van der Waals surface area contributed by atoms with Crippen LogP contribution in [0.15, 0.2) is 4.52 Å². The second-order valence-corrected chi connectivity index (χ2v) is 4.56. The molecule has 1 aromatic rings. The van der Waals surface area contributed by atoms with Crippen molar-refractivity contribution in [3.8, 4) is 0 Å². The maximum Gasteiger partial charge on any atom is 0.243 e. The summed E-state index contributed by atoms with van der Waals surface area (Å²) in [6, 6.07) is -0.158. The van der Waals surface area contributed by atoms with Crippen molar-refractivity contribution in [3.63, 3.8) is 0 Å². The average molecular weight is 209 g/mol. The van der Waals surface area contributed by atoms with Gasteiger partial charge in [-0.05, 0) is 32.1 Å². The normalized spacial score (nSPS) is 28.2. The molecule has 2 N–H and O–H groups in total. The predicted octanol–water partition coefficient (Wildman–Crippen LogP) is 2.38. The predicted molar refractivity (Wildman–Crippen MR) is 57.3 cm³/mol. The van der Waals surface area contributed by atoms with Gasteiger partial charge in [0.15, 0.2) is 5.82 Å². The van der Waals surface area contributed by atoms with Crippen LogP contribution >= 0.6 is 0 Å². The summed E-state index contributed by atoms with van der Waals surface area (Å²) >= 11 is 0. The van der Waals surface area contributed by atoms with Crippen molar-refractivity contribution in [3.05, 3.63) is 11.7 Å². The molecule has 0 saturated heterocycles. The third-order valence-electron chi connectivity index (χ3n) is 3.33. The van der Waals surface area contributed by atoms with Crippen molar-refractivity contribution < 1.29 is 4.52 Å². The first-order chi connectivity index (χ1) is 7.20. The molecule has 0 radical (unpaired) electrons. The largest absolute Gasteiger partial charge is 0.338 e. The lowest BCUT2D eigenvalue weighted by atomic mass is 10.0. The summed E-state index contributed by atoms with van der Waals surface area (Å²) in [7, 11) is 0. The lowest BCUT2D eigenvalue weighted by molar-refractivity contribution is 0.354. The summed E-state index contributed by atoms with van der Waals surface area (Å²) in [6.07, 6.45) is 4.95. The highest BCUT2D eigenvalue weighted by atomic mass is 16.5. The summed E-state index contributed by atoms with van der Waals surface area (Å²) < 4.78 is 5.12. The highest BCUT2D eigenvalue weighted by Gasteiger charge is 2.28. The molecule has 4 heteroatoms. The van der Waals surface area contributed by atoms with E-state index in [9.17, 15) is 0 Å². The minimum Gasteiger partial charge on any atom is -0.338 e. The van der Waals surface area contributed by atoms with E-state index in [4.69, 9.17) is 10.3 Å². The molecule has 0 amide bonds. The highest BCUT2D eigenvalue weighted by Crippen LogP contribution is 2.38. The fraction of sp³-hybridized carbons (Fsp3) is 0.818. The minimum absolute atomic E-state index is 0.158. The molecule has 2 rings (SSSR count). The van der Waals surface area contributed by atoms with E-state index in [1.54, 1.807) is 0 Å². The van der Waals surface area contributed by atoms with Crippen LogP contribution in [0, 0.1) is 5.92 Å². The Kier molecular flexibility index (Phi) is 3.05. The van der Waals surface area contributed by atoms with Gasteiger partial charge < -0.3 is 10.3 Å². The molecule has 1 heterocycles. The molecule has 0 bridgehead atoms. The fourth-order valence-electron chi connectivity index (χ4n) is 2.28. The van der Waals surface area contributed by atoms with Crippen LogP contribution in [0.25, 0.3) is 0 Å². The molecular formula is C11H19N3O. The van der Waals surface area contributed by atoms with Gasteiger partial charge in [0.1, 0.15) is 0 Å². The maximum atomic E-state index is 5.68. The van der Waals surface area contributed by atoms with Crippen LogP contribution in [0.1, 0.15) is 63.2 Å². The molecular weight excluding hydrogens is 190 g/mol. The van der Waals surface area contributed by atoms with E-state index in [0.29, 0.717) is 11.8 Å². The number of nitrogens with zero attached hydrogens (tertiary/aromatic N) is 2. The zero-order valence-corrected chi connectivity index (χ0v) is 9.44. The van der Waals surface area contributed by atoms with Gasteiger partial charge in [-0.1, -0.05) is 18.5 Å². The first-order valence-electron chi connectivity index (χ1n) is 5.79. The van der Waals surface area contributed by atoms with Crippen LogP contribution in [-0.2, 0) is 0 Å². The van der Waals surface area contributed by atoms with E-state index in [-0.39, 0.29) is 6.04 Å². The Morgan fingerprint density at radius 3 is 2.87 bits per heavy atom. The topological polar surface area (TPSA) is 64.9 Å². The number of nitrogens with two attached hydrogens (primary N) is 1.